The Hall–Kier alpha value is -7.43. The van der Waals surface area contributed by atoms with Crippen LogP contribution in [0.25, 0.3) is 17.2 Å². The van der Waals surface area contributed by atoms with Crippen LogP contribution in [0.5, 0.6) is 0 Å². The summed E-state index contributed by atoms with van der Waals surface area (Å²) in [5, 5.41) is 23.4. The third kappa shape index (κ3) is 15.0. The van der Waals surface area contributed by atoms with Crippen LogP contribution in [-0.2, 0) is 64.1 Å². The lowest BCUT2D eigenvalue weighted by Gasteiger charge is -2.42. The molecular formula is C53H61N7O9. The maximum absolute atomic E-state index is 15.0. The molecule has 69 heavy (non-hydrogen) atoms. The molecule has 362 valence electrons. The number of rotatable bonds is 13. The number of piperidine rings is 1. The number of benzene rings is 4. The van der Waals surface area contributed by atoms with E-state index in [-0.39, 0.29) is 58.5 Å². The van der Waals surface area contributed by atoms with Crippen LogP contribution in [0, 0.1) is 12.3 Å². The Morgan fingerprint density at radius 3 is 2.38 bits per heavy atom. The van der Waals surface area contributed by atoms with Crippen LogP contribution in [0.2, 0.25) is 0 Å². The van der Waals surface area contributed by atoms with Crippen molar-refractivity contribution in [2.45, 2.75) is 64.1 Å². The first kappa shape index (κ1) is 51.0. The summed E-state index contributed by atoms with van der Waals surface area (Å²) in [6, 6.07) is 27.9. The maximum Gasteiger partial charge on any atom is 0.328 e. The van der Waals surface area contributed by atoms with Gasteiger partial charge in [-0.25, -0.2) is 4.79 Å². The summed E-state index contributed by atoms with van der Waals surface area (Å²) in [6.45, 7) is 3.38. The zero-order valence-electron chi connectivity index (χ0n) is 38.8. The van der Waals surface area contributed by atoms with Crippen LogP contribution in [0.3, 0.4) is 0 Å². The number of fused-ring (bicyclic) bond motifs is 3. The molecule has 0 saturated carbocycles. The van der Waals surface area contributed by atoms with Gasteiger partial charge in [0.2, 0.25) is 35.4 Å². The predicted molar refractivity (Wildman–Crippen MR) is 261 cm³/mol. The fraction of sp³-hybridized carbons (Fsp3) is 0.340. The van der Waals surface area contributed by atoms with Crippen molar-refractivity contribution < 1.29 is 43.4 Å². The fourth-order valence-corrected chi connectivity index (χ4v) is 8.68. The van der Waals surface area contributed by atoms with Crippen molar-refractivity contribution >= 4 is 47.5 Å². The maximum atomic E-state index is 15.0. The van der Waals surface area contributed by atoms with E-state index in [1.807, 2.05) is 79.7 Å². The molecule has 0 radical (unpaired) electrons. The van der Waals surface area contributed by atoms with Gasteiger partial charge in [0.1, 0.15) is 12.1 Å². The second kappa shape index (κ2) is 25.1. The van der Waals surface area contributed by atoms with Gasteiger partial charge in [0.15, 0.2) is 0 Å². The van der Waals surface area contributed by atoms with Crippen LogP contribution in [-0.4, -0.2) is 109 Å². The molecule has 16 heteroatoms. The quantitative estimate of drug-likeness (QED) is 0.0764. The summed E-state index contributed by atoms with van der Waals surface area (Å²) in [5.41, 5.74) is 10.8. The van der Waals surface area contributed by atoms with E-state index in [1.165, 1.54) is 6.08 Å². The summed E-state index contributed by atoms with van der Waals surface area (Å²) in [6.07, 6.45) is 6.13. The van der Waals surface area contributed by atoms with E-state index < -0.39 is 58.9 Å². The van der Waals surface area contributed by atoms with Crippen LogP contribution < -0.4 is 32.3 Å². The highest BCUT2D eigenvalue weighted by Crippen LogP contribution is 2.35. The molecule has 0 spiro atoms. The largest absolute Gasteiger partial charge is 0.478 e. The third-order valence-electron chi connectivity index (χ3n) is 12.2. The number of nitrogens with one attached hydrogen (secondary N) is 5. The summed E-state index contributed by atoms with van der Waals surface area (Å²) < 4.78 is 5.37. The van der Waals surface area contributed by atoms with E-state index in [1.54, 1.807) is 29.2 Å². The summed E-state index contributed by atoms with van der Waals surface area (Å²) >= 11 is 0. The Bertz CT molecular complexity index is 2530. The molecule has 2 heterocycles. The minimum absolute atomic E-state index is 0.000447. The Labute approximate surface area is 402 Å². The molecule has 6 amide bonds. The minimum Gasteiger partial charge on any atom is -0.478 e. The van der Waals surface area contributed by atoms with Gasteiger partial charge in [-0.2, -0.15) is 0 Å². The van der Waals surface area contributed by atoms with Crippen molar-refractivity contribution in [3.8, 4) is 11.1 Å². The molecule has 1 saturated heterocycles. The first-order valence-electron chi connectivity index (χ1n) is 23.2. The van der Waals surface area contributed by atoms with E-state index in [9.17, 15) is 33.6 Å². The molecule has 0 aromatic heterocycles. The van der Waals surface area contributed by atoms with Gasteiger partial charge in [-0.3, -0.25) is 28.8 Å². The van der Waals surface area contributed by atoms with Crippen molar-refractivity contribution in [3.63, 3.8) is 0 Å². The highest BCUT2D eigenvalue weighted by Gasteiger charge is 2.44. The third-order valence-corrected chi connectivity index (χ3v) is 12.2. The second-order valence-electron chi connectivity index (χ2n) is 17.4. The van der Waals surface area contributed by atoms with E-state index in [0.717, 1.165) is 51.6 Å². The molecule has 2 aliphatic rings. The zero-order valence-corrected chi connectivity index (χ0v) is 38.8. The summed E-state index contributed by atoms with van der Waals surface area (Å²) in [5.74, 6) is -3.87. The topological polar surface area (TPSA) is 238 Å². The van der Waals surface area contributed by atoms with Crippen molar-refractivity contribution in [2.75, 3.05) is 45.9 Å². The zero-order chi connectivity index (χ0) is 49.2. The van der Waals surface area contributed by atoms with Crippen molar-refractivity contribution in [1.29, 1.82) is 0 Å². The van der Waals surface area contributed by atoms with Crippen molar-refractivity contribution in [3.05, 3.63) is 149 Å². The van der Waals surface area contributed by atoms with Crippen LogP contribution in [0.15, 0.2) is 115 Å². The number of aliphatic carboxylic acids is 1. The molecule has 6 rings (SSSR count). The molecule has 0 unspecified atom stereocenters. The highest BCUT2D eigenvalue weighted by molar-refractivity contribution is 5.97. The summed E-state index contributed by atoms with van der Waals surface area (Å²) in [4.78, 5) is 95.8. The average Bonchev–Trinajstić information content (AvgIpc) is 3.34. The highest BCUT2D eigenvalue weighted by atomic mass is 16.5. The second-order valence-corrected chi connectivity index (χ2v) is 17.4. The molecule has 4 aromatic carbocycles. The Morgan fingerprint density at radius 1 is 0.884 bits per heavy atom. The Morgan fingerprint density at radius 2 is 1.64 bits per heavy atom. The average molecular weight is 940 g/mol. The SMILES string of the molecule is Cc1cc(/C=C/C(=O)O)ccc1-c1ccc(C[C@@H]2NC(=O)[C@]3(Cc4ccccc4)CCCN(C3)C(=O)/C=C/C(=O)NCC[C@@H](C(=O)NCCOCCN)NC(=O)Cc3ccccc3CNC2=O)cc1. The van der Waals surface area contributed by atoms with Crippen molar-refractivity contribution in [2.24, 2.45) is 11.1 Å². The summed E-state index contributed by atoms with van der Waals surface area (Å²) in [7, 11) is 0. The monoisotopic (exact) mass is 939 g/mol. The van der Waals surface area contributed by atoms with E-state index in [2.05, 4.69) is 26.6 Å². The molecular weight excluding hydrogens is 879 g/mol. The van der Waals surface area contributed by atoms with Crippen LogP contribution in [0.4, 0.5) is 0 Å². The first-order valence-corrected chi connectivity index (χ1v) is 23.2. The lowest BCUT2D eigenvalue weighted by Crippen LogP contribution is -2.58. The lowest BCUT2D eigenvalue weighted by molar-refractivity contribution is -0.141. The molecule has 4 aromatic rings. The fourth-order valence-electron chi connectivity index (χ4n) is 8.68. The minimum atomic E-state index is -1.14. The van der Waals surface area contributed by atoms with Gasteiger partial charge in [0.05, 0.1) is 25.0 Å². The Balaban J connectivity index is 1.31. The number of nitrogens with zero attached hydrogens (tertiary/aromatic N) is 1. The molecule has 1 fully saturated rings. The van der Waals surface area contributed by atoms with E-state index in [4.69, 9.17) is 15.6 Å². The molecule has 2 aliphatic heterocycles. The number of aryl methyl sites for hydroxylation is 1. The number of ether oxygens (including phenoxy) is 1. The van der Waals surface area contributed by atoms with Gasteiger partial charge in [-0.15, -0.1) is 0 Å². The number of hydrogen-bond acceptors (Lipinski definition) is 9. The number of carboxylic acids is 1. The number of carbonyl (C=O) groups is 7. The van der Waals surface area contributed by atoms with Gasteiger partial charge in [0.25, 0.3) is 0 Å². The lowest BCUT2D eigenvalue weighted by atomic mass is 9.74. The smallest absolute Gasteiger partial charge is 0.328 e. The Kier molecular flexibility index (Phi) is 18.5. The van der Waals surface area contributed by atoms with Gasteiger partial charge in [-0.05, 0) is 83.2 Å². The van der Waals surface area contributed by atoms with E-state index in [0.29, 0.717) is 43.7 Å². The van der Waals surface area contributed by atoms with Gasteiger partial charge < -0.3 is 47.1 Å². The molecule has 8 N–H and O–H groups in total. The van der Waals surface area contributed by atoms with Crippen LogP contribution in [0.1, 0.15) is 52.6 Å². The van der Waals surface area contributed by atoms with Gasteiger partial charge >= 0.3 is 5.97 Å². The number of carbonyl (C=O) groups excluding carboxylic acids is 6. The number of hydrogen-bond donors (Lipinski definition) is 7. The van der Waals surface area contributed by atoms with Gasteiger partial charge in [-0.1, -0.05) is 97.1 Å². The first-order chi connectivity index (χ1) is 33.3. The molecule has 16 nitrogen and oxygen atoms in total. The standard InChI is InChI=1S/C53H61N7O9/c1-36-30-37(15-21-49(64)65)14-18-43(36)40-16-12-38(13-17-40)31-45-51(67)57-34-42-11-6-5-10-41(42)32-47(62)58-44(50(66)56-26-29-69-28-24-54)22-25-55-46(61)19-20-48(63)60-27-7-23-53(35-60,52(68)59-45)33-39-8-3-2-4-9-39/h2-6,8-21,30,44-45H,7,22-29,31-35,54H2,1H3,(H,55,61)(H,56,66)(H,57,67)(H,58,62)(H,59,68)(H,64,65)/b20-19+,21-15+/t44-,45-,53-/m0/s1. The van der Waals surface area contributed by atoms with Gasteiger partial charge in [0, 0.05) is 63.9 Å². The normalized spacial score (nSPS) is 20.3. The van der Waals surface area contributed by atoms with Crippen LogP contribution >= 0.6 is 0 Å². The molecule has 2 bridgehead atoms. The predicted octanol–water partition coefficient (Wildman–Crippen LogP) is 3.15. The number of amides is 6. The molecule has 3 atom stereocenters. The van der Waals surface area contributed by atoms with E-state index >= 15 is 0 Å². The van der Waals surface area contributed by atoms with Crippen molar-refractivity contribution in [1.82, 2.24) is 31.5 Å². The number of nitrogens with two attached hydrogens (primary N) is 1. The molecule has 0 aliphatic carbocycles. The number of carboxylic acid groups (broad SMARTS) is 1.